The maximum absolute atomic E-state index is 5.93. The first-order valence-corrected chi connectivity index (χ1v) is 6.17. The lowest BCUT2D eigenvalue weighted by Crippen LogP contribution is -2.19. The summed E-state index contributed by atoms with van der Waals surface area (Å²) in [4.78, 5) is 2.22. The van der Waals surface area contributed by atoms with E-state index in [2.05, 4.69) is 36.3 Å². The number of allylic oxidation sites excluding steroid dienone is 8. The van der Waals surface area contributed by atoms with E-state index < -0.39 is 0 Å². The molecule has 0 saturated carbocycles. The monoisotopic (exact) mass is 229 g/mol. The molecule has 0 unspecified atom stereocenters. The quantitative estimate of drug-likeness (QED) is 0.676. The van der Waals surface area contributed by atoms with Gasteiger partial charge in [-0.25, -0.2) is 0 Å². The first kappa shape index (κ1) is 11.8. The normalized spacial score (nSPS) is 26.7. The van der Waals surface area contributed by atoms with E-state index in [-0.39, 0.29) is 0 Å². The minimum atomic E-state index is 0.940. The van der Waals surface area contributed by atoms with Crippen molar-refractivity contribution in [1.82, 2.24) is 4.90 Å². The molecule has 0 radical (unpaired) electrons. The van der Waals surface area contributed by atoms with Crippen LogP contribution in [0.4, 0.5) is 0 Å². The van der Waals surface area contributed by atoms with Crippen molar-refractivity contribution in [1.29, 1.82) is 0 Å². The second kappa shape index (κ2) is 5.58. The van der Waals surface area contributed by atoms with Gasteiger partial charge in [0.2, 0.25) is 0 Å². The molecule has 0 aromatic rings. The van der Waals surface area contributed by atoms with Crippen molar-refractivity contribution < 1.29 is 4.74 Å². The molecule has 0 aromatic carbocycles. The van der Waals surface area contributed by atoms with Crippen molar-refractivity contribution in [3.63, 3.8) is 0 Å². The number of rotatable bonds is 1. The average molecular weight is 229 g/mol. The zero-order valence-corrected chi connectivity index (χ0v) is 10.5. The van der Waals surface area contributed by atoms with Crippen LogP contribution in [0, 0.1) is 0 Å². The third-order valence-corrected chi connectivity index (χ3v) is 2.85. The first-order valence-electron chi connectivity index (χ1n) is 6.17. The highest BCUT2D eigenvalue weighted by Crippen LogP contribution is 2.25. The van der Waals surface area contributed by atoms with Crippen LogP contribution in [0.2, 0.25) is 0 Å². The van der Waals surface area contributed by atoms with Crippen molar-refractivity contribution in [2.45, 2.75) is 26.7 Å². The summed E-state index contributed by atoms with van der Waals surface area (Å²) >= 11 is 0. The van der Waals surface area contributed by atoms with E-state index in [0.717, 1.165) is 30.9 Å². The summed E-state index contributed by atoms with van der Waals surface area (Å²) in [6, 6.07) is 0. The van der Waals surface area contributed by atoms with Crippen molar-refractivity contribution in [2.75, 3.05) is 6.54 Å². The maximum Gasteiger partial charge on any atom is 0.127 e. The topological polar surface area (TPSA) is 12.5 Å². The minimum absolute atomic E-state index is 0.940. The van der Waals surface area contributed by atoms with Crippen LogP contribution in [0.15, 0.2) is 59.9 Å². The maximum atomic E-state index is 5.93. The van der Waals surface area contributed by atoms with Gasteiger partial charge in [0.05, 0.1) is 5.70 Å². The van der Waals surface area contributed by atoms with E-state index in [1.807, 2.05) is 25.2 Å². The Morgan fingerprint density at radius 2 is 2.18 bits per heavy atom. The Morgan fingerprint density at radius 1 is 1.29 bits per heavy atom. The summed E-state index contributed by atoms with van der Waals surface area (Å²) in [5, 5.41) is 0. The van der Waals surface area contributed by atoms with Crippen LogP contribution in [-0.2, 0) is 4.74 Å². The summed E-state index contributed by atoms with van der Waals surface area (Å²) in [6.07, 6.45) is 16.6. The van der Waals surface area contributed by atoms with Gasteiger partial charge < -0.3 is 9.64 Å². The van der Waals surface area contributed by atoms with Gasteiger partial charge in [-0.15, -0.1) is 0 Å². The lowest BCUT2D eigenvalue weighted by atomic mass is 10.1. The average Bonchev–Trinajstić information content (AvgIpc) is 2.35. The SMILES string of the molecule is CCN1/C=C/C=C\C=C(/C)OC2=C1C=CCC2. The largest absolute Gasteiger partial charge is 0.464 e. The fourth-order valence-electron chi connectivity index (χ4n) is 1.98. The molecule has 90 valence electrons. The first-order chi connectivity index (χ1) is 8.31. The summed E-state index contributed by atoms with van der Waals surface area (Å²) in [6.45, 7) is 5.09. The Morgan fingerprint density at radius 3 is 3.00 bits per heavy atom. The molecule has 0 fully saturated rings. The molecule has 2 nitrogen and oxygen atoms in total. The van der Waals surface area contributed by atoms with E-state index in [9.17, 15) is 0 Å². The molecule has 0 atom stereocenters. The predicted molar refractivity (Wildman–Crippen MR) is 70.9 cm³/mol. The Labute approximate surface area is 103 Å². The third-order valence-electron chi connectivity index (χ3n) is 2.85. The molecule has 0 spiro atoms. The second-order valence-corrected chi connectivity index (χ2v) is 4.14. The van der Waals surface area contributed by atoms with Gasteiger partial charge in [0.15, 0.2) is 0 Å². The van der Waals surface area contributed by atoms with Gasteiger partial charge in [-0.05, 0) is 38.5 Å². The van der Waals surface area contributed by atoms with Crippen LogP contribution < -0.4 is 0 Å². The van der Waals surface area contributed by atoms with Gasteiger partial charge in [0.1, 0.15) is 11.5 Å². The number of hydrogen-bond acceptors (Lipinski definition) is 2. The van der Waals surface area contributed by atoms with Crippen LogP contribution in [0.5, 0.6) is 0 Å². The highest BCUT2D eigenvalue weighted by molar-refractivity contribution is 5.29. The van der Waals surface area contributed by atoms with Crippen molar-refractivity contribution >= 4 is 0 Å². The highest BCUT2D eigenvalue weighted by atomic mass is 16.5. The van der Waals surface area contributed by atoms with Crippen LogP contribution in [0.3, 0.4) is 0 Å². The number of likely N-dealkylation sites (N-methyl/N-ethyl adjacent to an activating group) is 1. The molecule has 1 heterocycles. The molecule has 0 bridgehead atoms. The Bertz CT molecular complexity index is 424. The number of nitrogens with zero attached hydrogens (tertiary/aromatic N) is 1. The molecule has 2 rings (SSSR count). The molecule has 0 aromatic heterocycles. The predicted octanol–water partition coefficient (Wildman–Crippen LogP) is 3.87. The van der Waals surface area contributed by atoms with Crippen molar-refractivity contribution in [3.8, 4) is 0 Å². The minimum Gasteiger partial charge on any atom is -0.464 e. The van der Waals surface area contributed by atoms with E-state index in [1.54, 1.807) is 0 Å². The fourth-order valence-corrected chi connectivity index (χ4v) is 1.98. The van der Waals surface area contributed by atoms with E-state index in [0.29, 0.717) is 0 Å². The lowest BCUT2D eigenvalue weighted by Gasteiger charge is -2.25. The number of ether oxygens (including phenoxy) is 1. The molecular weight excluding hydrogens is 210 g/mol. The van der Waals surface area contributed by atoms with Crippen LogP contribution in [0.1, 0.15) is 26.7 Å². The molecular formula is C15H19NO. The van der Waals surface area contributed by atoms with Crippen molar-refractivity contribution in [3.05, 3.63) is 59.9 Å². The molecule has 17 heavy (non-hydrogen) atoms. The summed E-state index contributed by atoms with van der Waals surface area (Å²) in [5.74, 6) is 2.01. The van der Waals surface area contributed by atoms with Gasteiger partial charge in [-0.1, -0.05) is 18.2 Å². The van der Waals surface area contributed by atoms with Crippen molar-refractivity contribution in [2.24, 2.45) is 0 Å². The Hall–Kier alpha value is -1.70. The van der Waals surface area contributed by atoms with Gasteiger partial charge in [0, 0.05) is 19.2 Å². The molecule has 1 aliphatic heterocycles. The Balaban J connectivity index is 2.38. The standard InChI is InChI=1S/C15H19NO/c1-3-16-12-8-4-5-9-13(2)17-15-11-7-6-10-14(15)16/h4-6,8-10,12H,3,7,11H2,1-2H3/b5-4-,12-8+,13-9+. The Kier molecular flexibility index (Phi) is 3.86. The van der Waals surface area contributed by atoms with E-state index in [1.165, 1.54) is 5.70 Å². The number of hydrogen-bond donors (Lipinski definition) is 0. The third kappa shape index (κ3) is 2.90. The van der Waals surface area contributed by atoms with Crippen LogP contribution in [-0.4, -0.2) is 11.4 Å². The van der Waals surface area contributed by atoms with Gasteiger partial charge in [-0.3, -0.25) is 0 Å². The van der Waals surface area contributed by atoms with Crippen LogP contribution in [0.25, 0.3) is 0 Å². The zero-order valence-electron chi connectivity index (χ0n) is 10.5. The highest BCUT2D eigenvalue weighted by Gasteiger charge is 2.14. The van der Waals surface area contributed by atoms with Gasteiger partial charge in [0.25, 0.3) is 0 Å². The summed E-state index contributed by atoms with van der Waals surface area (Å²) < 4.78 is 5.93. The van der Waals surface area contributed by atoms with Crippen LogP contribution >= 0.6 is 0 Å². The molecule has 2 aliphatic rings. The molecule has 1 aliphatic carbocycles. The summed E-state index contributed by atoms with van der Waals surface area (Å²) in [5.41, 5.74) is 1.18. The van der Waals surface area contributed by atoms with Gasteiger partial charge in [-0.2, -0.15) is 0 Å². The molecule has 0 amide bonds. The molecule has 2 heteroatoms. The van der Waals surface area contributed by atoms with Gasteiger partial charge >= 0.3 is 0 Å². The smallest absolute Gasteiger partial charge is 0.127 e. The zero-order chi connectivity index (χ0) is 12.1. The second-order valence-electron chi connectivity index (χ2n) is 4.14. The lowest BCUT2D eigenvalue weighted by molar-refractivity contribution is 0.273. The summed E-state index contributed by atoms with van der Waals surface area (Å²) in [7, 11) is 0. The molecule has 0 saturated heterocycles. The molecule has 0 N–H and O–H groups in total. The van der Waals surface area contributed by atoms with E-state index >= 15 is 0 Å². The van der Waals surface area contributed by atoms with E-state index in [4.69, 9.17) is 4.74 Å². The fraction of sp³-hybridized carbons (Fsp3) is 0.333.